The Balaban J connectivity index is 2.43. The number of carbonyl (C=O) groups excluding carboxylic acids is 1. The van der Waals surface area contributed by atoms with Crippen LogP contribution in [0.15, 0.2) is 11.3 Å². The largest absolute Gasteiger partial charge is 0.529 e. The number of hydrogen-bond donors (Lipinski definition) is 0. The summed E-state index contributed by atoms with van der Waals surface area (Å²) in [5.74, 6) is 0.370. The quantitative estimate of drug-likeness (QED) is 0.579. The number of phosphoric acid groups is 1. The number of hydrogen-bond acceptors (Lipinski definition) is 7. The van der Waals surface area contributed by atoms with Crippen LogP contribution in [0, 0.1) is 23.2 Å². The number of phosphoric ester groups is 1. The molecule has 0 N–H and O–H groups in total. The molecule has 0 spiro atoms. The SMILES string of the molecule is CCOP(=O)(OCC)OC1=C2CCCC[C@@H]2C[C@H](C#N)[C@@H]1SC(C)=O. The molecule has 0 amide bonds. The van der Waals surface area contributed by atoms with Gasteiger partial charge in [-0.15, -0.1) is 0 Å². The molecule has 1 saturated carbocycles. The second-order valence-corrected chi connectivity index (χ2v) is 9.12. The van der Waals surface area contributed by atoms with E-state index in [1.54, 1.807) is 13.8 Å². The maximum absolute atomic E-state index is 12.9. The van der Waals surface area contributed by atoms with Gasteiger partial charge in [0.15, 0.2) is 5.12 Å². The molecule has 0 aromatic carbocycles. The minimum Gasteiger partial charge on any atom is -0.407 e. The van der Waals surface area contributed by atoms with Crippen LogP contribution in [0.2, 0.25) is 0 Å². The summed E-state index contributed by atoms with van der Waals surface area (Å²) in [7, 11) is -3.76. The van der Waals surface area contributed by atoms with Crippen molar-refractivity contribution in [2.45, 2.75) is 58.1 Å². The second-order valence-electron chi connectivity index (χ2n) is 6.21. The van der Waals surface area contributed by atoms with Gasteiger partial charge in [0.25, 0.3) is 0 Å². The number of nitriles is 1. The van der Waals surface area contributed by atoms with Crippen LogP contribution in [0.5, 0.6) is 0 Å². The van der Waals surface area contributed by atoms with E-state index in [4.69, 9.17) is 13.6 Å². The number of fused-ring (bicyclic) bond motifs is 1. The molecule has 0 aromatic heterocycles. The molecule has 0 heterocycles. The minimum atomic E-state index is -3.76. The lowest BCUT2D eigenvalue weighted by Crippen LogP contribution is -2.33. The van der Waals surface area contributed by atoms with E-state index in [9.17, 15) is 14.6 Å². The van der Waals surface area contributed by atoms with Crippen LogP contribution in [-0.4, -0.2) is 23.6 Å². The zero-order chi connectivity index (χ0) is 18.4. The third kappa shape index (κ3) is 5.10. The highest BCUT2D eigenvalue weighted by Gasteiger charge is 2.43. The van der Waals surface area contributed by atoms with E-state index >= 15 is 0 Å². The number of carbonyl (C=O) groups is 1. The van der Waals surface area contributed by atoms with Crippen molar-refractivity contribution in [3.63, 3.8) is 0 Å². The van der Waals surface area contributed by atoms with E-state index in [2.05, 4.69) is 6.07 Å². The summed E-state index contributed by atoms with van der Waals surface area (Å²) in [6, 6.07) is 2.31. The first-order valence-electron chi connectivity index (χ1n) is 8.82. The Morgan fingerprint density at radius 3 is 2.56 bits per heavy atom. The summed E-state index contributed by atoms with van der Waals surface area (Å²) in [5, 5.41) is 9.05. The fourth-order valence-corrected chi connectivity index (χ4v) is 5.89. The molecule has 0 aliphatic heterocycles. The summed E-state index contributed by atoms with van der Waals surface area (Å²) < 4.78 is 29.3. The Labute approximate surface area is 153 Å². The van der Waals surface area contributed by atoms with Gasteiger partial charge in [-0.1, -0.05) is 18.2 Å². The molecule has 0 radical (unpaired) electrons. The molecule has 0 saturated heterocycles. The van der Waals surface area contributed by atoms with Gasteiger partial charge in [-0.3, -0.25) is 13.8 Å². The van der Waals surface area contributed by atoms with Gasteiger partial charge in [-0.05, 0) is 51.0 Å². The first-order chi connectivity index (χ1) is 11.9. The van der Waals surface area contributed by atoms with Gasteiger partial charge < -0.3 is 4.52 Å². The molecule has 2 aliphatic rings. The van der Waals surface area contributed by atoms with Crippen molar-refractivity contribution in [1.82, 2.24) is 0 Å². The molecule has 2 aliphatic carbocycles. The number of allylic oxidation sites excluding steroid dienone is 1. The molecule has 0 aromatic rings. The first-order valence-corrected chi connectivity index (χ1v) is 11.2. The van der Waals surface area contributed by atoms with Crippen LogP contribution in [0.3, 0.4) is 0 Å². The van der Waals surface area contributed by atoms with Gasteiger partial charge in [-0.25, -0.2) is 4.57 Å². The van der Waals surface area contributed by atoms with Crippen molar-refractivity contribution in [2.24, 2.45) is 11.8 Å². The van der Waals surface area contributed by atoms with Gasteiger partial charge in [0.1, 0.15) is 5.76 Å². The van der Waals surface area contributed by atoms with Crippen LogP contribution in [0.25, 0.3) is 0 Å². The molecule has 2 rings (SSSR count). The maximum atomic E-state index is 12.9. The van der Waals surface area contributed by atoms with Crippen LogP contribution in [-0.2, 0) is 22.9 Å². The Morgan fingerprint density at radius 2 is 2.00 bits per heavy atom. The molecule has 6 nitrogen and oxygen atoms in total. The number of nitrogens with zero attached hydrogens (tertiary/aromatic N) is 1. The zero-order valence-electron chi connectivity index (χ0n) is 15.0. The van der Waals surface area contributed by atoms with Crippen LogP contribution >= 0.6 is 19.6 Å². The molecule has 8 heteroatoms. The Hall–Kier alpha value is -0.800. The second kappa shape index (κ2) is 9.23. The van der Waals surface area contributed by atoms with E-state index in [0.717, 1.165) is 49.4 Å². The summed E-state index contributed by atoms with van der Waals surface area (Å²) >= 11 is 1.07. The highest BCUT2D eigenvalue weighted by Crippen LogP contribution is 2.56. The first kappa shape index (κ1) is 20.5. The third-order valence-electron chi connectivity index (χ3n) is 4.46. The topological polar surface area (TPSA) is 85.6 Å². The Morgan fingerprint density at radius 1 is 1.32 bits per heavy atom. The molecule has 25 heavy (non-hydrogen) atoms. The fraction of sp³-hybridized carbons (Fsp3) is 0.765. The summed E-state index contributed by atoms with van der Waals surface area (Å²) in [4.78, 5) is 11.7. The summed E-state index contributed by atoms with van der Waals surface area (Å²) in [6.45, 7) is 5.29. The Kier molecular flexibility index (Phi) is 7.57. The van der Waals surface area contributed by atoms with Crippen molar-refractivity contribution < 1.29 is 22.9 Å². The van der Waals surface area contributed by atoms with Gasteiger partial charge in [-0.2, -0.15) is 5.26 Å². The van der Waals surface area contributed by atoms with Crippen LogP contribution < -0.4 is 0 Å². The predicted molar refractivity (Wildman–Crippen MR) is 96.7 cm³/mol. The molecule has 140 valence electrons. The van der Waals surface area contributed by atoms with E-state index < -0.39 is 13.1 Å². The van der Waals surface area contributed by atoms with Crippen LogP contribution in [0.4, 0.5) is 0 Å². The predicted octanol–water partition coefficient (Wildman–Crippen LogP) is 4.82. The maximum Gasteiger partial charge on any atom is 0.529 e. The van der Waals surface area contributed by atoms with E-state index in [0.29, 0.717) is 5.76 Å². The molecular formula is C17H26NO5PS. The lowest BCUT2D eigenvalue weighted by atomic mass is 9.73. The van der Waals surface area contributed by atoms with Gasteiger partial charge in [0, 0.05) is 6.92 Å². The minimum absolute atomic E-state index is 0.0936. The monoisotopic (exact) mass is 387 g/mol. The average Bonchev–Trinajstić information content (AvgIpc) is 2.56. The lowest BCUT2D eigenvalue weighted by Gasteiger charge is -2.38. The molecular weight excluding hydrogens is 361 g/mol. The molecule has 0 unspecified atom stereocenters. The van der Waals surface area contributed by atoms with E-state index in [1.165, 1.54) is 6.92 Å². The van der Waals surface area contributed by atoms with Crippen molar-refractivity contribution >= 4 is 24.7 Å². The number of thioether (sulfide) groups is 1. The van der Waals surface area contributed by atoms with Gasteiger partial charge in [0.05, 0.1) is 30.5 Å². The van der Waals surface area contributed by atoms with Crippen molar-refractivity contribution in [3.8, 4) is 6.07 Å². The molecule has 1 fully saturated rings. The van der Waals surface area contributed by atoms with Gasteiger partial charge in [0.2, 0.25) is 0 Å². The Bertz CT molecular complexity index is 605. The van der Waals surface area contributed by atoms with Gasteiger partial charge >= 0.3 is 7.82 Å². The summed E-state index contributed by atoms with van der Waals surface area (Å²) in [5.41, 5.74) is 1.08. The lowest BCUT2D eigenvalue weighted by molar-refractivity contribution is -0.109. The highest BCUT2D eigenvalue weighted by molar-refractivity contribution is 8.14. The number of rotatable bonds is 7. The van der Waals surface area contributed by atoms with Crippen LogP contribution in [0.1, 0.15) is 52.9 Å². The van der Waals surface area contributed by atoms with Crippen molar-refractivity contribution in [1.29, 1.82) is 5.26 Å². The smallest absolute Gasteiger partial charge is 0.407 e. The molecule has 3 atom stereocenters. The third-order valence-corrected chi connectivity index (χ3v) is 7.16. The van der Waals surface area contributed by atoms with E-state index in [-0.39, 0.29) is 30.2 Å². The summed E-state index contributed by atoms with van der Waals surface area (Å²) in [6.07, 6.45) is 4.69. The highest BCUT2D eigenvalue weighted by atomic mass is 32.2. The standard InChI is InChI=1S/C17H26NO5PS/c1-4-21-24(20,22-5-2)23-16-15-9-7-6-8-13(15)10-14(11-18)17(16)25-12(3)19/h13-14,17H,4-10H2,1-3H3/t13-,14-,17+/m1/s1. The zero-order valence-corrected chi connectivity index (χ0v) is 16.7. The normalized spacial score (nSPS) is 26.7. The molecule has 0 bridgehead atoms. The van der Waals surface area contributed by atoms with Crippen molar-refractivity contribution in [3.05, 3.63) is 11.3 Å². The van der Waals surface area contributed by atoms with E-state index in [1.807, 2.05) is 0 Å². The fourth-order valence-electron chi connectivity index (χ4n) is 3.54. The van der Waals surface area contributed by atoms with Crippen molar-refractivity contribution in [2.75, 3.05) is 13.2 Å². The average molecular weight is 387 g/mol.